The lowest BCUT2D eigenvalue weighted by Crippen LogP contribution is -2.31. The fraction of sp³-hybridized carbons (Fsp3) is 0.368. The average Bonchev–Trinajstić information content (AvgIpc) is 3.22. The van der Waals surface area contributed by atoms with Crippen molar-refractivity contribution in [3.8, 4) is 0 Å². The number of imide groups is 1. The first kappa shape index (κ1) is 18.3. The fourth-order valence-corrected chi connectivity index (χ4v) is 3.53. The molecule has 3 amide bonds. The second-order valence-electron chi connectivity index (χ2n) is 6.78. The largest absolute Gasteiger partial charge is 0.385 e. The summed E-state index contributed by atoms with van der Waals surface area (Å²) in [6.07, 6.45) is 1.34. The molecule has 2 aromatic rings. The van der Waals surface area contributed by atoms with Crippen LogP contribution in [0.15, 0.2) is 18.2 Å². The zero-order valence-electron chi connectivity index (χ0n) is 15.5. The summed E-state index contributed by atoms with van der Waals surface area (Å²) in [6.45, 7) is 2.26. The van der Waals surface area contributed by atoms with Crippen molar-refractivity contribution in [3.63, 3.8) is 0 Å². The van der Waals surface area contributed by atoms with Gasteiger partial charge in [-0.1, -0.05) is 0 Å². The highest BCUT2D eigenvalue weighted by Crippen LogP contribution is 2.25. The third-order valence-corrected chi connectivity index (χ3v) is 5.00. The zero-order valence-corrected chi connectivity index (χ0v) is 15.5. The molecule has 2 aliphatic heterocycles. The van der Waals surface area contributed by atoms with Crippen molar-refractivity contribution in [3.05, 3.63) is 46.1 Å². The van der Waals surface area contributed by atoms with Crippen LogP contribution in [0.2, 0.25) is 0 Å². The molecule has 2 aliphatic rings. The van der Waals surface area contributed by atoms with Gasteiger partial charge in [-0.2, -0.15) is 5.10 Å². The van der Waals surface area contributed by atoms with E-state index < -0.39 is 0 Å². The fourth-order valence-electron chi connectivity index (χ4n) is 3.53. The van der Waals surface area contributed by atoms with Gasteiger partial charge in [0.1, 0.15) is 0 Å². The first-order valence-corrected chi connectivity index (χ1v) is 9.17. The number of hydrogen-bond donors (Lipinski definition) is 3. The molecule has 0 fully saturated rings. The van der Waals surface area contributed by atoms with E-state index in [1.54, 1.807) is 13.2 Å². The molecule has 0 saturated carbocycles. The number of fused-ring (bicyclic) bond motifs is 2. The van der Waals surface area contributed by atoms with Gasteiger partial charge in [-0.15, -0.1) is 0 Å². The summed E-state index contributed by atoms with van der Waals surface area (Å²) in [6, 6.07) is 4.56. The van der Waals surface area contributed by atoms with Crippen LogP contribution in [0.1, 0.15) is 48.8 Å². The van der Waals surface area contributed by atoms with Crippen molar-refractivity contribution >= 4 is 23.5 Å². The summed E-state index contributed by atoms with van der Waals surface area (Å²) in [5, 5.41) is 13.1. The molecular formula is C19H21N5O4. The minimum absolute atomic E-state index is 0.253. The molecule has 3 N–H and O–H groups in total. The number of anilines is 1. The number of methoxy groups -OCH3 is 1. The van der Waals surface area contributed by atoms with E-state index in [0.29, 0.717) is 36.5 Å². The lowest BCUT2D eigenvalue weighted by molar-refractivity contribution is 0.0638. The number of amides is 3. The van der Waals surface area contributed by atoms with Crippen LogP contribution in [-0.4, -0.2) is 59.6 Å². The number of aromatic nitrogens is 2. The van der Waals surface area contributed by atoms with Gasteiger partial charge in [0.15, 0.2) is 5.82 Å². The van der Waals surface area contributed by atoms with Crippen LogP contribution >= 0.6 is 0 Å². The summed E-state index contributed by atoms with van der Waals surface area (Å²) in [5.74, 6) is -0.579. The van der Waals surface area contributed by atoms with Crippen molar-refractivity contribution in [2.24, 2.45) is 0 Å². The number of aromatic amines is 1. The predicted molar refractivity (Wildman–Crippen MR) is 100 cm³/mol. The molecular weight excluding hydrogens is 362 g/mol. The molecule has 4 rings (SSSR count). The van der Waals surface area contributed by atoms with E-state index in [4.69, 9.17) is 4.74 Å². The first-order chi connectivity index (χ1) is 13.6. The highest BCUT2D eigenvalue weighted by molar-refractivity contribution is 6.22. The van der Waals surface area contributed by atoms with Gasteiger partial charge in [0, 0.05) is 37.9 Å². The predicted octanol–water partition coefficient (Wildman–Crippen LogP) is 0.940. The van der Waals surface area contributed by atoms with Crippen molar-refractivity contribution in [2.45, 2.75) is 19.4 Å². The Morgan fingerprint density at radius 3 is 2.93 bits per heavy atom. The summed E-state index contributed by atoms with van der Waals surface area (Å²) in [4.78, 5) is 38.9. The maximum atomic E-state index is 12.7. The Bertz CT molecular complexity index is 952. The third-order valence-electron chi connectivity index (χ3n) is 5.00. The summed E-state index contributed by atoms with van der Waals surface area (Å²) < 4.78 is 4.97. The molecule has 1 aromatic carbocycles. The quantitative estimate of drug-likeness (QED) is 0.505. The molecule has 146 valence electrons. The van der Waals surface area contributed by atoms with Gasteiger partial charge in [0.25, 0.3) is 17.7 Å². The Balaban J connectivity index is 1.52. The van der Waals surface area contributed by atoms with E-state index >= 15 is 0 Å². The molecule has 1 aromatic heterocycles. The third kappa shape index (κ3) is 3.19. The van der Waals surface area contributed by atoms with Crippen LogP contribution in [0, 0.1) is 0 Å². The van der Waals surface area contributed by atoms with Gasteiger partial charge in [0.2, 0.25) is 0 Å². The van der Waals surface area contributed by atoms with Crippen LogP contribution in [0.3, 0.4) is 0 Å². The second-order valence-corrected chi connectivity index (χ2v) is 6.78. The van der Waals surface area contributed by atoms with Crippen LogP contribution in [0.5, 0.6) is 0 Å². The molecule has 0 saturated heterocycles. The second kappa shape index (κ2) is 7.53. The van der Waals surface area contributed by atoms with Gasteiger partial charge in [-0.05, 0) is 37.6 Å². The van der Waals surface area contributed by atoms with E-state index in [-0.39, 0.29) is 29.8 Å². The van der Waals surface area contributed by atoms with Gasteiger partial charge in [0.05, 0.1) is 16.8 Å². The smallest absolute Gasteiger partial charge is 0.261 e. The number of rotatable bonds is 6. The van der Waals surface area contributed by atoms with Crippen molar-refractivity contribution in [1.82, 2.24) is 20.4 Å². The van der Waals surface area contributed by atoms with E-state index in [0.717, 1.165) is 24.2 Å². The van der Waals surface area contributed by atoms with Crippen molar-refractivity contribution in [2.75, 3.05) is 32.1 Å². The number of H-pyrrole nitrogens is 1. The van der Waals surface area contributed by atoms with Crippen LogP contribution in [0.4, 0.5) is 5.82 Å². The van der Waals surface area contributed by atoms with E-state index in [1.165, 1.54) is 17.0 Å². The van der Waals surface area contributed by atoms with Crippen LogP contribution in [0.25, 0.3) is 0 Å². The number of nitrogens with one attached hydrogen (secondary N) is 3. The molecule has 28 heavy (non-hydrogen) atoms. The Labute approximate surface area is 161 Å². The summed E-state index contributed by atoms with van der Waals surface area (Å²) in [5.41, 5.74) is 2.83. The lowest BCUT2D eigenvalue weighted by atomic mass is 10.0. The standard InChI is InChI=1S/C19H21N5O4/c1-28-8-2-7-24-18(26)12-4-3-11(9-14(12)19(24)27)17(25)21-16-13-5-6-20-10-15(13)22-23-16/h3-4,9,20H,2,5-8,10H2,1H3,(H2,21,22,23,25). The SMILES string of the molecule is COCCCN1C(=O)c2ccc(C(=O)Nc3n[nH]c4c3CCNC4)cc2C1=O. The summed E-state index contributed by atoms with van der Waals surface area (Å²) in [7, 11) is 1.57. The number of hydrogen-bond acceptors (Lipinski definition) is 6. The Hall–Kier alpha value is -3.04. The molecule has 0 bridgehead atoms. The number of carbonyl (C=O) groups is 3. The van der Waals surface area contributed by atoms with Crippen molar-refractivity contribution in [1.29, 1.82) is 0 Å². The van der Waals surface area contributed by atoms with Crippen molar-refractivity contribution < 1.29 is 19.1 Å². The number of carbonyl (C=O) groups excluding carboxylic acids is 3. The Morgan fingerprint density at radius 2 is 2.11 bits per heavy atom. The zero-order chi connectivity index (χ0) is 19.7. The molecule has 0 unspecified atom stereocenters. The minimum Gasteiger partial charge on any atom is -0.385 e. The number of ether oxygens (including phenoxy) is 1. The van der Waals surface area contributed by atoms with Gasteiger partial charge in [-0.25, -0.2) is 0 Å². The Kier molecular flexibility index (Phi) is 4.93. The molecule has 0 radical (unpaired) electrons. The van der Waals surface area contributed by atoms with E-state index in [9.17, 15) is 14.4 Å². The maximum absolute atomic E-state index is 12.7. The lowest BCUT2D eigenvalue weighted by Gasteiger charge is -2.13. The van der Waals surface area contributed by atoms with Gasteiger partial charge < -0.3 is 15.4 Å². The number of nitrogens with zero attached hydrogens (tertiary/aromatic N) is 2. The maximum Gasteiger partial charge on any atom is 0.261 e. The first-order valence-electron chi connectivity index (χ1n) is 9.17. The molecule has 9 heteroatoms. The average molecular weight is 383 g/mol. The topological polar surface area (TPSA) is 116 Å². The highest BCUT2D eigenvalue weighted by Gasteiger charge is 2.35. The molecule has 0 atom stereocenters. The normalized spacial score (nSPS) is 15.5. The van der Waals surface area contributed by atoms with E-state index in [1.807, 2.05) is 0 Å². The highest BCUT2D eigenvalue weighted by atomic mass is 16.5. The van der Waals surface area contributed by atoms with Crippen LogP contribution < -0.4 is 10.6 Å². The van der Waals surface area contributed by atoms with Gasteiger partial charge >= 0.3 is 0 Å². The molecule has 0 aliphatic carbocycles. The molecule has 9 nitrogen and oxygen atoms in total. The van der Waals surface area contributed by atoms with Gasteiger partial charge in [-0.3, -0.25) is 24.4 Å². The van der Waals surface area contributed by atoms with E-state index in [2.05, 4.69) is 20.8 Å². The number of benzene rings is 1. The molecule has 0 spiro atoms. The summed E-state index contributed by atoms with van der Waals surface area (Å²) >= 11 is 0. The van der Waals surface area contributed by atoms with Crippen LogP contribution in [-0.2, 0) is 17.7 Å². The Morgan fingerprint density at radius 1 is 1.29 bits per heavy atom. The molecule has 3 heterocycles. The minimum atomic E-state index is -0.381. The monoisotopic (exact) mass is 383 g/mol.